The molecule has 1 aromatic rings. The predicted molar refractivity (Wildman–Crippen MR) is 74.7 cm³/mol. The maximum absolute atomic E-state index is 5.61. The minimum atomic E-state index is 0.703. The Kier molecular flexibility index (Phi) is 4.52. The van der Waals surface area contributed by atoms with Gasteiger partial charge in [0.2, 0.25) is 0 Å². The number of aromatic nitrogens is 2. The van der Waals surface area contributed by atoms with Crippen LogP contribution in [0.3, 0.4) is 0 Å². The molecule has 1 fully saturated rings. The number of hydrogen-bond acceptors (Lipinski definition) is 5. The Balaban J connectivity index is 1.98. The third-order valence-electron chi connectivity index (χ3n) is 3.26. The summed E-state index contributed by atoms with van der Waals surface area (Å²) in [6.45, 7) is 7.27. The van der Waals surface area contributed by atoms with E-state index in [1.165, 1.54) is 6.42 Å². The van der Waals surface area contributed by atoms with E-state index in [0.717, 1.165) is 37.7 Å². The number of rotatable bonds is 6. The van der Waals surface area contributed by atoms with Crippen molar-refractivity contribution in [1.29, 1.82) is 0 Å². The first-order valence-electron chi connectivity index (χ1n) is 6.45. The number of hydrogen-bond donors (Lipinski definition) is 2. The minimum absolute atomic E-state index is 0.703. The van der Waals surface area contributed by atoms with Gasteiger partial charge >= 0.3 is 0 Å². The van der Waals surface area contributed by atoms with E-state index in [1.807, 2.05) is 12.1 Å². The van der Waals surface area contributed by atoms with E-state index in [4.69, 9.17) is 5.73 Å². The molecule has 0 aliphatic carbocycles. The molecule has 5 heteroatoms. The average molecular weight is 247 g/mol. The van der Waals surface area contributed by atoms with Crippen molar-refractivity contribution in [3.63, 3.8) is 0 Å². The van der Waals surface area contributed by atoms with Gasteiger partial charge < -0.3 is 16.0 Å². The van der Waals surface area contributed by atoms with E-state index >= 15 is 0 Å². The lowest BCUT2D eigenvalue weighted by Crippen LogP contribution is -2.21. The van der Waals surface area contributed by atoms with Gasteiger partial charge in [-0.05, 0) is 25.3 Å². The number of nitrogens with two attached hydrogens (primary N) is 1. The highest BCUT2D eigenvalue weighted by molar-refractivity contribution is 5.49. The summed E-state index contributed by atoms with van der Waals surface area (Å²) >= 11 is 0. The highest BCUT2D eigenvalue weighted by Gasteiger charge is 2.22. The highest BCUT2D eigenvalue weighted by Crippen LogP contribution is 2.24. The van der Waals surface area contributed by atoms with Crippen molar-refractivity contribution in [2.24, 2.45) is 11.7 Å². The van der Waals surface area contributed by atoms with Gasteiger partial charge in [-0.1, -0.05) is 6.08 Å². The normalized spacial score (nSPS) is 18.9. The number of anilines is 2. The van der Waals surface area contributed by atoms with Gasteiger partial charge in [-0.3, -0.25) is 0 Å². The summed E-state index contributed by atoms with van der Waals surface area (Å²) in [6.07, 6.45) is 5.73. The first-order chi connectivity index (χ1) is 8.83. The van der Waals surface area contributed by atoms with Gasteiger partial charge in [0.05, 0.1) is 0 Å². The lowest BCUT2D eigenvalue weighted by atomic mass is 10.1. The van der Waals surface area contributed by atoms with Crippen LogP contribution in [0.25, 0.3) is 0 Å². The molecule has 1 atom stereocenters. The van der Waals surface area contributed by atoms with Gasteiger partial charge in [0.15, 0.2) is 0 Å². The summed E-state index contributed by atoms with van der Waals surface area (Å²) in [7, 11) is 0. The molecule has 3 N–H and O–H groups in total. The van der Waals surface area contributed by atoms with Crippen molar-refractivity contribution in [2.45, 2.75) is 12.8 Å². The van der Waals surface area contributed by atoms with Crippen LogP contribution < -0.4 is 16.0 Å². The Morgan fingerprint density at radius 3 is 3.22 bits per heavy atom. The first kappa shape index (κ1) is 12.8. The van der Waals surface area contributed by atoms with Gasteiger partial charge in [0, 0.05) is 25.7 Å². The minimum Gasteiger partial charge on any atom is -0.366 e. The Morgan fingerprint density at radius 1 is 1.56 bits per heavy atom. The highest BCUT2D eigenvalue weighted by atomic mass is 15.2. The summed E-state index contributed by atoms with van der Waals surface area (Å²) in [5, 5.41) is 3.18. The summed E-state index contributed by atoms with van der Waals surface area (Å²) < 4.78 is 0. The zero-order valence-electron chi connectivity index (χ0n) is 10.7. The molecule has 0 amide bonds. The molecule has 18 heavy (non-hydrogen) atoms. The van der Waals surface area contributed by atoms with Gasteiger partial charge in [-0.15, -0.1) is 6.58 Å². The zero-order chi connectivity index (χ0) is 12.8. The third kappa shape index (κ3) is 3.20. The molecule has 1 aromatic heterocycles. The number of nitrogens with one attached hydrogen (secondary N) is 1. The van der Waals surface area contributed by atoms with Crippen LogP contribution >= 0.6 is 0 Å². The van der Waals surface area contributed by atoms with Crippen LogP contribution in [0.2, 0.25) is 0 Å². The van der Waals surface area contributed by atoms with Gasteiger partial charge in [0.1, 0.15) is 18.0 Å². The molecular weight excluding hydrogens is 226 g/mol. The largest absolute Gasteiger partial charge is 0.366 e. The van der Waals surface area contributed by atoms with Crippen LogP contribution in [-0.2, 0) is 0 Å². The molecule has 1 saturated heterocycles. The van der Waals surface area contributed by atoms with E-state index in [2.05, 4.69) is 26.8 Å². The van der Waals surface area contributed by atoms with Crippen molar-refractivity contribution in [3.05, 3.63) is 25.0 Å². The van der Waals surface area contributed by atoms with Crippen LogP contribution in [-0.4, -0.2) is 36.1 Å². The molecule has 0 saturated carbocycles. The standard InChI is InChI=1S/C13H21N5/c1-2-6-15-12-8-13(17-10-16-12)18-7-4-11(9-18)3-5-14/h2,8,10-11H,1,3-7,9,14H2,(H,15,16,17). The Morgan fingerprint density at radius 2 is 2.44 bits per heavy atom. The van der Waals surface area contributed by atoms with Gasteiger partial charge in [0.25, 0.3) is 0 Å². The van der Waals surface area contributed by atoms with Crippen LogP contribution in [0, 0.1) is 5.92 Å². The molecule has 0 spiro atoms. The molecule has 1 aliphatic rings. The quantitative estimate of drug-likeness (QED) is 0.741. The Labute approximate surface area is 108 Å². The second-order valence-electron chi connectivity index (χ2n) is 4.61. The fraction of sp³-hybridized carbons (Fsp3) is 0.538. The van der Waals surface area contributed by atoms with Crippen molar-refractivity contribution >= 4 is 11.6 Å². The van der Waals surface area contributed by atoms with E-state index in [0.29, 0.717) is 12.5 Å². The zero-order valence-corrected chi connectivity index (χ0v) is 10.7. The molecule has 1 aliphatic heterocycles. The number of nitrogens with zero attached hydrogens (tertiary/aromatic N) is 3. The van der Waals surface area contributed by atoms with E-state index in [9.17, 15) is 0 Å². The second kappa shape index (κ2) is 6.35. The van der Waals surface area contributed by atoms with E-state index in [-0.39, 0.29) is 0 Å². The fourth-order valence-electron chi connectivity index (χ4n) is 2.31. The van der Waals surface area contributed by atoms with E-state index in [1.54, 1.807) is 6.33 Å². The lowest BCUT2D eigenvalue weighted by Gasteiger charge is -2.17. The SMILES string of the molecule is C=CCNc1cc(N2CCC(CCN)C2)ncn1. The van der Waals surface area contributed by atoms with Crippen molar-refractivity contribution in [2.75, 3.05) is 36.4 Å². The predicted octanol–water partition coefficient (Wildman–Crippen LogP) is 1.25. The molecule has 5 nitrogen and oxygen atoms in total. The Hall–Kier alpha value is -1.62. The van der Waals surface area contributed by atoms with Crippen LogP contribution in [0.4, 0.5) is 11.6 Å². The monoisotopic (exact) mass is 247 g/mol. The van der Waals surface area contributed by atoms with Crippen LogP contribution in [0.5, 0.6) is 0 Å². The maximum Gasteiger partial charge on any atom is 0.134 e. The van der Waals surface area contributed by atoms with Crippen LogP contribution in [0.1, 0.15) is 12.8 Å². The molecule has 0 bridgehead atoms. The average Bonchev–Trinajstić information content (AvgIpc) is 2.86. The maximum atomic E-state index is 5.61. The van der Waals surface area contributed by atoms with Crippen molar-refractivity contribution in [3.8, 4) is 0 Å². The smallest absolute Gasteiger partial charge is 0.134 e. The molecule has 0 radical (unpaired) electrons. The van der Waals surface area contributed by atoms with E-state index < -0.39 is 0 Å². The summed E-state index contributed by atoms with van der Waals surface area (Å²) in [4.78, 5) is 10.8. The van der Waals surface area contributed by atoms with Crippen LogP contribution in [0.15, 0.2) is 25.0 Å². The molecule has 1 unspecified atom stereocenters. The van der Waals surface area contributed by atoms with Gasteiger partial charge in [-0.25, -0.2) is 9.97 Å². The summed E-state index contributed by atoms with van der Waals surface area (Å²) in [6, 6.07) is 1.99. The first-order valence-corrected chi connectivity index (χ1v) is 6.45. The molecular formula is C13H21N5. The lowest BCUT2D eigenvalue weighted by molar-refractivity contribution is 0.546. The molecule has 98 valence electrons. The third-order valence-corrected chi connectivity index (χ3v) is 3.26. The van der Waals surface area contributed by atoms with Crippen molar-refractivity contribution < 1.29 is 0 Å². The second-order valence-corrected chi connectivity index (χ2v) is 4.61. The summed E-state index contributed by atoms with van der Waals surface area (Å²) in [5.74, 6) is 2.55. The van der Waals surface area contributed by atoms with Gasteiger partial charge in [-0.2, -0.15) is 0 Å². The fourth-order valence-corrected chi connectivity index (χ4v) is 2.31. The molecule has 0 aromatic carbocycles. The molecule has 2 heterocycles. The molecule has 2 rings (SSSR count). The van der Waals surface area contributed by atoms with Crippen molar-refractivity contribution in [1.82, 2.24) is 9.97 Å². The topological polar surface area (TPSA) is 67.1 Å². The Bertz CT molecular complexity index is 393. The summed E-state index contributed by atoms with van der Waals surface area (Å²) in [5.41, 5.74) is 5.61.